The average molecular weight is 360 g/mol. The number of aliphatic imine (C=N–C) groups is 1. The van der Waals surface area contributed by atoms with E-state index in [1.165, 1.54) is 4.90 Å². The molecule has 3 rings (SSSR count). The minimum atomic E-state index is -4.77. The number of guanidine groups is 1. The number of aromatic nitrogens is 1. The number of hydrogen-bond donors (Lipinski definition) is 3. The highest BCUT2D eigenvalue weighted by Crippen LogP contribution is 2.38. The summed E-state index contributed by atoms with van der Waals surface area (Å²) in [5.74, 6) is 0.347. The molecule has 0 unspecified atom stereocenters. The average Bonchev–Trinajstić information content (AvgIpc) is 3.04. The zero-order chi connectivity index (χ0) is 17.5. The Morgan fingerprint density at radius 2 is 2.25 bits per heavy atom. The van der Waals surface area contributed by atoms with Crippen LogP contribution >= 0.6 is 0 Å². The molecule has 0 radical (unpaired) electrons. The molecule has 0 spiro atoms. The summed E-state index contributed by atoms with van der Waals surface area (Å²) in [6.45, 7) is 0.381. The van der Waals surface area contributed by atoms with E-state index >= 15 is 0 Å². The van der Waals surface area contributed by atoms with Gasteiger partial charge in [0.1, 0.15) is 12.2 Å². The van der Waals surface area contributed by atoms with Crippen LogP contribution in [-0.2, 0) is 21.2 Å². The van der Waals surface area contributed by atoms with Gasteiger partial charge in [0.2, 0.25) is 0 Å². The molecule has 3 heterocycles. The van der Waals surface area contributed by atoms with Crippen molar-refractivity contribution in [2.45, 2.75) is 31.5 Å². The van der Waals surface area contributed by atoms with Crippen LogP contribution in [0.2, 0.25) is 0 Å². The quantitative estimate of drug-likeness (QED) is 0.342. The monoisotopic (exact) mass is 360 g/mol. The van der Waals surface area contributed by atoms with E-state index in [0.29, 0.717) is 29.4 Å². The minimum Gasteiger partial charge on any atom is -0.370 e. The highest BCUT2D eigenvalue weighted by molar-refractivity contribution is 7.80. The van der Waals surface area contributed by atoms with Gasteiger partial charge in [-0.05, 0) is 12.8 Å². The van der Waals surface area contributed by atoms with Crippen molar-refractivity contribution in [3.63, 3.8) is 0 Å². The molecule has 2 bridgehead atoms. The van der Waals surface area contributed by atoms with Gasteiger partial charge < -0.3 is 20.9 Å². The molecule has 13 heteroatoms. The highest BCUT2D eigenvalue weighted by Gasteiger charge is 2.48. The van der Waals surface area contributed by atoms with Crippen LogP contribution in [0.25, 0.3) is 0 Å². The van der Waals surface area contributed by atoms with E-state index in [4.69, 9.17) is 20.5 Å². The van der Waals surface area contributed by atoms with Gasteiger partial charge >= 0.3 is 16.4 Å². The molecule has 0 saturated carbocycles. The van der Waals surface area contributed by atoms with Crippen LogP contribution in [0.15, 0.2) is 15.6 Å². The number of nitrogens with zero attached hydrogens (tertiary/aromatic N) is 4. The summed E-state index contributed by atoms with van der Waals surface area (Å²) in [6.07, 6.45) is 1.02. The summed E-state index contributed by atoms with van der Waals surface area (Å²) in [4.78, 5) is 17.5. The van der Waals surface area contributed by atoms with Crippen LogP contribution in [0.1, 0.15) is 30.3 Å². The van der Waals surface area contributed by atoms with Crippen molar-refractivity contribution in [1.29, 1.82) is 0 Å². The predicted molar refractivity (Wildman–Crippen MR) is 78.4 cm³/mol. The Morgan fingerprint density at radius 1 is 1.50 bits per heavy atom. The molecule has 12 nitrogen and oxygen atoms in total. The van der Waals surface area contributed by atoms with Crippen LogP contribution < -0.4 is 11.5 Å². The molecule has 1 aromatic heterocycles. The summed E-state index contributed by atoms with van der Waals surface area (Å²) in [7, 11) is -4.77. The predicted octanol–water partition coefficient (Wildman–Crippen LogP) is -0.876. The summed E-state index contributed by atoms with van der Waals surface area (Å²) in [6, 6.07) is 0.134. The first-order chi connectivity index (χ1) is 11.2. The number of fused-ring (bicyclic) bond motifs is 2. The van der Waals surface area contributed by atoms with E-state index in [0.717, 1.165) is 0 Å². The molecular formula is C11H16N6O6S. The number of carbonyl (C=O) groups excluding carboxylic acids is 1. The Kier molecular flexibility index (Phi) is 4.06. The van der Waals surface area contributed by atoms with Gasteiger partial charge in [-0.3, -0.25) is 4.55 Å². The minimum absolute atomic E-state index is 0.0822. The molecule has 0 aliphatic carbocycles. The van der Waals surface area contributed by atoms with Crippen molar-refractivity contribution in [1.82, 2.24) is 15.1 Å². The number of nitrogens with two attached hydrogens (primary N) is 2. The van der Waals surface area contributed by atoms with Crippen molar-refractivity contribution >= 4 is 22.4 Å². The molecule has 24 heavy (non-hydrogen) atoms. The first kappa shape index (κ1) is 16.5. The van der Waals surface area contributed by atoms with Gasteiger partial charge in [0.25, 0.3) is 0 Å². The molecule has 1 aromatic rings. The molecule has 2 saturated heterocycles. The van der Waals surface area contributed by atoms with Crippen LogP contribution in [0, 0.1) is 0 Å². The Bertz CT molecular complexity index is 772. The zero-order valence-electron chi connectivity index (χ0n) is 12.4. The lowest BCUT2D eigenvalue weighted by atomic mass is 9.98. The lowest BCUT2D eigenvalue weighted by Gasteiger charge is -2.28. The second-order valence-corrected chi connectivity index (χ2v) is 6.47. The Hall–Kier alpha value is -2.38. The second-order valence-electron chi connectivity index (χ2n) is 5.47. The van der Waals surface area contributed by atoms with Crippen molar-refractivity contribution in [3.05, 3.63) is 17.5 Å². The number of amides is 2. The first-order valence-electron chi connectivity index (χ1n) is 7.02. The van der Waals surface area contributed by atoms with Crippen LogP contribution in [0.3, 0.4) is 0 Å². The molecule has 2 atom stereocenters. The fourth-order valence-electron chi connectivity index (χ4n) is 2.87. The lowest BCUT2D eigenvalue weighted by Crippen LogP contribution is -2.35. The maximum absolute atomic E-state index is 12.3. The van der Waals surface area contributed by atoms with Gasteiger partial charge in [0, 0.05) is 12.6 Å². The van der Waals surface area contributed by atoms with Crippen LogP contribution in [0.5, 0.6) is 0 Å². The molecular weight excluding hydrogens is 344 g/mol. The van der Waals surface area contributed by atoms with Gasteiger partial charge in [0.05, 0.1) is 12.1 Å². The van der Waals surface area contributed by atoms with Crippen molar-refractivity contribution in [2.24, 2.45) is 16.5 Å². The third-order valence-corrected chi connectivity index (χ3v) is 4.18. The SMILES string of the molecule is NC(N)=NCc1cc([C@@H]2CC[C@H]3CN2C(=O)N3OS(=O)(=O)O)no1. The number of rotatable bonds is 5. The molecule has 132 valence electrons. The van der Waals surface area contributed by atoms with Crippen molar-refractivity contribution < 1.29 is 26.6 Å². The number of carbonyl (C=O) groups is 1. The lowest BCUT2D eigenvalue weighted by molar-refractivity contribution is -0.0317. The van der Waals surface area contributed by atoms with E-state index in [1.54, 1.807) is 6.07 Å². The smallest absolute Gasteiger partial charge is 0.370 e. The van der Waals surface area contributed by atoms with E-state index in [1.807, 2.05) is 0 Å². The fraction of sp³-hybridized carbons (Fsp3) is 0.545. The maximum Gasteiger partial charge on any atom is 0.418 e. The first-order valence-corrected chi connectivity index (χ1v) is 8.39. The van der Waals surface area contributed by atoms with Gasteiger partial charge in [-0.2, -0.15) is 13.5 Å². The molecule has 2 amide bonds. The molecule has 2 aliphatic rings. The zero-order valence-corrected chi connectivity index (χ0v) is 13.2. The van der Waals surface area contributed by atoms with E-state index in [-0.39, 0.29) is 25.1 Å². The second kappa shape index (κ2) is 5.92. The van der Waals surface area contributed by atoms with Gasteiger partial charge in [0.15, 0.2) is 11.7 Å². The van der Waals surface area contributed by atoms with E-state index < -0.39 is 22.5 Å². The topological polar surface area (TPSA) is 178 Å². The Labute approximate surface area is 136 Å². The number of hydroxylamine groups is 2. The van der Waals surface area contributed by atoms with Crippen LogP contribution in [0.4, 0.5) is 4.79 Å². The largest absolute Gasteiger partial charge is 0.418 e. The third-order valence-electron chi connectivity index (χ3n) is 3.83. The molecule has 2 fully saturated rings. The van der Waals surface area contributed by atoms with Gasteiger partial charge in [-0.15, -0.1) is 4.28 Å². The summed E-state index contributed by atoms with van der Waals surface area (Å²) >= 11 is 0. The Morgan fingerprint density at radius 3 is 2.92 bits per heavy atom. The summed E-state index contributed by atoms with van der Waals surface area (Å²) < 4.78 is 40.0. The summed E-state index contributed by atoms with van der Waals surface area (Å²) in [5.41, 5.74) is 11.0. The van der Waals surface area contributed by atoms with Gasteiger partial charge in [-0.1, -0.05) is 5.16 Å². The van der Waals surface area contributed by atoms with Gasteiger partial charge in [-0.25, -0.2) is 9.79 Å². The fourth-order valence-corrected chi connectivity index (χ4v) is 3.26. The number of urea groups is 1. The molecule has 2 aliphatic heterocycles. The third kappa shape index (κ3) is 3.27. The highest BCUT2D eigenvalue weighted by atomic mass is 32.3. The molecule has 0 aromatic carbocycles. The van der Waals surface area contributed by atoms with E-state index in [2.05, 4.69) is 14.4 Å². The standard InChI is InChI=1S/C11H16N6O6S/c12-10(13)14-4-7-3-8(15-22-7)9-2-1-6-5-16(9)11(18)17(6)23-24(19,20)21/h3,6,9H,1-2,4-5H2,(H4,12,13,14)(H,19,20,21)/t6-,9-/m0/s1. The normalized spacial score (nSPS) is 23.6. The Balaban J connectivity index is 1.76. The van der Waals surface area contributed by atoms with E-state index in [9.17, 15) is 13.2 Å². The van der Waals surface area contributed by atoms with Crippen molar-refractivity contribution in [2.75, 3.05) is 6.54 Å². The summed E-state index contributed by atoms with van der Waals surface area (Å²) in [5, 5.41) is 4.60. The van der Waals surface area contributed by atoms with Crippen molar-refractivity contribution in [3.8, 4) is 0 Å². The number of piperidine rings is 1. The maximum atomic E-state index is 12.3. The number of hydrogen-bond acceptors (Lipinski definition) is 7. The molecule has 5 N–H and O–H groups in total. The van der Waals surface area contributed by atoms with Crippen LogP contribution in [-0.4, -0.2) is 52.7 Å².